The minimum Gasteiger partial charge on any atom is -0.457 e. The predicted octanol–water partition coefficient (Wildman–Crippen LogP) is 13.6. The van der Waals surface area contributed by atoms with E-state index < -0.39 is 0 Å². The quantitative estimate of drug-likeness (QED) is 0.169. The summed E-state index contributed by atoms with van der Waals surface area (Å²) in [6, 6.07) is 53.3. The lowest BCUT2D eigenvalue weighted by Crippen LogP contribution is -2.41. The molecule has 0 radical (unpaired) electrons. The largest absolute Gasteiger partial charge is 0.457 e. The van der Waals surface area contributed by atoms with Crippen LogP contribution in [0.1, 0.15) is 58.2 Å². The summed E-state index contributed by atoms with van der Waals surface area (Å²) in [5.41, 5.74) is 10.6. The second-order valence-corrected chi connectivity index (χ2v) is 17.3. The lowest BCUT2D eigenvalue weighted by atomic mass is 9.88. The SMILES string of the molecule is CC(C)(C)c1ccnc(-n2c3cc(Oc4cccc(N5CN(C(C)(C)C)C(c6ccccc6)=C5c5ccccc5)c4)ccc3c3cc4c(cc32)oc2ccccc24)c1. The molecule has 286 valence electrons. The molecule has 6 heteroatoms. The molecule has 6 nitrogen and oxygen atoms in total. The smallest absolute Gasteiger partial charge is 0.137 e. The van der Waals surface area contributed by atoms with Crippen molar-refractivity contribution >= 4 is 60.8 Å². The van der Waals surface area contributed by atoms with Crippen LogP contribution in [0, 0.1) is 0 Å². The summed E-state index contributed by atoms with van der Waals surface area (Å²) in [6.07, 6.45) is 1.92. The summed E-state index contributed by atoms with van der Waals surface area (Å²) < 4.78 is 15.5. The number of benzene rings is 6. The third-order valence-electron chi connectivity index (χ3n) is 11.4. The molecule has 1 aliphatic rings. The van der Waals surface area contributed by atoms with Crippen LogP contribution in [-0.4, -0.2) is 26.7 Å². The van der Waals surface area contributed by atoms with Gasteiger partial charge in [-0.3, -0.25) is 4.57 Å². The van der Waals surface area contributed by atoms with E-state index in [0.29, 0.717) is 6.67 Å². The van der Waals surface area contributed by atoms with Gasteiger partial charge in [0.2, 0.25) is 0 Å². The molecule has 0 N–H and O–H groups in total. The monoisotopic (exact) mass is 758 g/mol. The Balaban J connectivity index is 1.10. The van der Waals surface area contributed by atoms with Gasteiger partial charge in [0.1, 0.15) is 28.5 Å². The van der Waals surface area contributed by atoms with E-state index in [1.807, 2.05) is 24.4 Å². The summed E-state index contributed by atoms with van der Waals surface area (Å²) in [7, 11) is 0. The Morgan fingerprint density at radius 3 is 1.98 bits per heavy atom. The predicted molar refractivity (Wildman–Crippen MR) is 240 cm³/mol. The number of rotatable bonds is 6. The van der Waals surface area contributed by atoms with Crippen LogP contribution >= 0.6 is 0 Å². The van der Waals surface area contributed by atoms with Crippen molar-refractivity contribution in [1.29, 1.82) is 0 Å². The topological polar surface area (TPSA) is 46.7 Å². The Bertz CT molecular complexity index is 3030. The Morgan fingerprint density at radius 2 is 1.24 bits per heavy atom. The standard InChI is InChI=1S/C52H46N4O2/c1-51(2,3)36-26-27-53-48(28-36)56-44-30-39(24-25-40(44)42-31-43-41-22-13-14-23-46(41)58-47(43)32-45(42)56)57-38-21-15-20-37(29-38)54-33-55(52(4,5)6)50(35-18-11-8-12-19-35)49(54)34-16-9-7-10-17-34/h7-32H,33H2,1-6H3. The summed E-state index contributed by atoms with van der Waals surface area (Å²) in [6.45, 7) is 14.3. The molecule has 0 bridgehead atoms. The van der Waals surface area contributed by atoms with Gasteiger partial charge in [-0.15, -0.1) is 0 Å². The van der Waals surface area contributed by atoms with Crippen molar-refractivity contribution in [1.82, 2.24) is 14.5 Å². The van der Waals surface area contributed by atoms with Crippen molar-refractivity contribution in [2.45, 2.75) is 52.5 Å². The van der Waals surface area contributed by atoms with Crippen molar-refractivity contribution in [2.75, 3.05) is 11.6 Å². The van der Waals surface area contributed by atoms with Crippen LogP contribution in [0.2, 0.25) is 0 Å². The Labute approximate surface area is 339 Å². The number of para-hydroxylation sites is 1. The highest BCUT2D eigenvalue weighted by Crippen LogP contribution is 2.45. The van der Waals surface area contributed by atoms with E-state index in [1.165, 1.54) is 28.1 Å². The van der Waals surface area contributed by atoms with E-state index in [9.17, 15) is 0 Å². The number of pyridine rings is 1. The molecule has 0 unspecified atom stereocenters. The number of anilines is 1. The Morgan fingerprint density at radius 1 is 0.552 bits per heavy atom. The van der Waals surface area contributed by atoms with Gasteiger partial charge in [-0.2, -0.15) is 0 Å². The molecule has 0 amide bonds. The first-order valence-corrected chi connectivity index (χ1v) is 20.1. The van der Waals surface area contributed by atoms with Crippen LogP contribution in [0.25, 0.3) is 61.0 Å². The number of ether oxygens (including phenoxy) is 1. The zero-order valence-electron chi connectivity index (χ0n) is 33.8. The maximum atomic E-state index is 6.81. The maximum Gasteiger partial charge on any atom is 0.137 e. The van der Waals surface area contributed by atoms with Crippen molar-refractivity contribution < 1.29 is 9.15 Å². The molecule has 0 saturated carbocycles. The van der Waals surface area contributed by atoms with Crippen LogP contribution < -0.4 is 9.64 Å². The second-order valence-electron chi connectivity index (χ2n) is 17.3. The first-order valence-electron chi connectivity index (χ1n) is 20.1. The van der Waals surface area contributed by atoms with Gasteiger partial charge in [0.25, 0.3) is 0 Å². The number of nitrogens with zero attached hydrogens (tertiary/aromatic N) is 4. The van der Waals surface area contributed by atoms with Gasteiger partial charge in [0, 0.05) is 68.3 Å². The lowest BCUT2D eigenvalue weighted by molar-refractivity contribution is 0.237. The first kappa shape index (κ1) is 35.6. The molecule has 0 fully saturated rings. The average Bonchev–Trinajstić information content (AvgIpc) is 3.90. The van der Waals surface area contributed by atoms with Gasteiger partial charge in [-0.05, 0) is 80.3 Å². The van der Waals surface area contributed by atoms with Crippen molar-refractivity contribution in [3.63, 3.8) is 0 Å². The molecule has 58 heavy (non-hydrogen) atoms. The highest BCUT2D eigenvalue weighted by Gasteiger charge is 2.37. The fraction of sp³-hybridized carbons (Fsp3) is 0.173. The van der Waals surface area contributed by atoms with Gasteiger partial charge in [-0.25, -0.2) is 4.98 Å². The molecular formula is C52H46N4O2. The molecular weight excluding hydrogens is 713 g/mol. The van der Waals surface area contributed by atoms with Gasteiger partial charge >= 0.3 is 0 Å². The zero-order chi connectivity index (χ0) is 39.8. The number of fused-ring (bicyclic) bond motifs is 6. The number of furan rings is 1. The van der Waals surface area contributed by atoms with Gasteiger partial charge < -0.3 is 19.0 Å². The van der Waals surface area contributed by atoms with Gasteiger partial charge in [-0.1, -0.05) is 106 Å². The number of hydrogen-bond acceptors (Lipinski definition) is 5. The molecule has 4 heterocycles. The molecule has 0 aliphatic carbocycles. The highest BCUT2D eigenvalue weighted by atomic mass is 16.5. The molecule has 0 spiro atoms. The van der Waals surface area contributed by atoms with E-state index in [2.05, 4.69) is 189 Å². The average molecular weight is 759 g/mol. The minimum absolute atomic E-state index is 0.0432. The first-order chi connectivity index (χ1) is 28.0. The Kier molecular flexibility index (Phi) is 8.24. The Hall–Kier alpha value is -6.79. The molecule has 0 saturated heterocycles. The summed E-state index contributed by atoms with van der Waals surface area (Å²) >= 11 is 0. The third kappa shape index (κ3) is 6.08. The number of hydrogen-bond donors (Lipinski definition) is 0. The molecule has 6 aromatic carbocycles. The van der Waals surface area contributed by atoms with E-state index in [0.717, 1.165) is 66.7 Å². The summed E-state index contributed by atoms with van der Waals surface area (Å²) in [5.74, 6) is 2.37. The van der Waals surface area contributed by atoms with Gasteiger partial charge in [0.05, 0.1) is 29.1 Å². The van der Waals surface area contributed by atoms with Crippen molar-refractivity contribution in [3.05, 3.63) is 175 Å². The maximum absolute atomic E-state index is 6.81. The molecule has 1 aliphatic heterocycles. The van der Waals surface area contributed by atoms with Crippen molar-refractivity contribution in [3.8, 4) is 17.3 Å². The zero-order valence-corrected chi connectivity index (χ0v) is 33.8. The lowest BCUT2D eigenvalue weighted by Gasteiger charge is -2.36. The van der Waals surface area contributed by atoms with Crippen LogP contribution in [0.15, 0.2) is 162 Å². The summed E-state index contributed by atoms with van der Waals surface area (Å²) in [5, 5.41) is 4.47. The minimum atomic E-state index is -0.126. The second kappa shape index (κ2) is 13.4. The van der Waals surface area contributed by atoms with E-state index in [4.69, 9.17) is 14.1 Å². The summed E-state index contributed by atoms with van der Waals surface area (Å²) in [4.78, 5) is 9.88. The normalized spacial score (nSPS) is 13.8. The fourth-order valence-electron chi connectivity index (χ4n) is 8.46. The highest BCUT2D eigenvalue weighted by molar-refractivity contribution is 6.17. The number of aromatic nitrogens is 2. The van der Waals surface area contributed by atoms with E-state index >= 15 is 0 Å². The van der Waals surface area contributed by atoms with Crippen molar-refractivity contribution in [2.24, 2.45) is 0 Å². The van der Waals surface area contributed by atoms with Crippen LogP contribution in [0.4, 0.5) is 5.69 Å². The van der Waals surface area contributed by atoms with Gasteiger partial charge in [0.15, 0.2) is 0 Å². The molecule has 3 aromatic heterocycles. The molecule has 10 rings (SSSR count). The third-order valence-corrected chi connectivity index (χ3v) is 11.4. The van der Waals surface area contributed by atoms with E-state index in [1.54, 1.807) is 0 Å². The molecule has 9 aromatic rings. The molecule has 0 atom stereocenters. The van der Waals surface area contributed by atoms with Crippen LogP contribution in [-0.2, 0) is 5.41 Å². The van der Waals surface area contributed by atoms with Crippen LogP contribution in [0.3, 0.4) is 0 Å². The fourth-order valence-corrected chi connectivity index (χ4v) is 8.46. The van der Waals surface area contributed by atoms with Crippen LogP contribution in [0.5, 0.6) is 11.5 Å². The van der Waals surface area contributed by atoms with E-state index in [-0.39, 0.29) is 11.0 Å².